The lowest BCUT2D eigenvalue weighted by atomic mass is 9.91. The molecule has 4 aliphatic rings. The summed E-state index contributed by atoms with van der Waals surface area (Å²) in [5, 5.41) is 14.3. The number of aromatic amines is 2. The first-order valence-corrected chi connectivity index (χ1v) is 22.7. The number of carbonyl (C=O) groups is 2. The van der Waals surface area contributed by atoms with Crippen molar-refractivity contribution in [2.75, 3.05) is 33.0 Å². The first-order valence-electron chi connectivity index (χ1n) is 22.4. The molecule has 0 unspecified atom stereocenters. The van der Waals surface area contributed by atoms with Crippen LogP contribution < -0.4 is 5.32 Å². The summed E-state index contributed by atoms with van der Waals surface area (Å²) in [6.45, 7) is 4.68. The highest BCUT2D eigenvalue weighted by molar-refractivity contribution is 6.31. The summed E-state index contributed by atoms with van der Waals surface area (Å²) in [6.07, 6.45) is 7.70. The molecule has 6 aromatic rings. The summed E-state index contributed by atoms with van der Waals surface area (Å²) < 4.78 is 10.9. The normalized spacial score (nSPS) is 21.2. The lowest BCUT2D eigenvalue weighted by molar-refractivity contribution is -0.335. The molecule has 4 N–H and O–H groups in total. The molecule has 2 amide bonds. The molecule has 13 nitrogen and oxygen atoms in total. The number of likely N-dealkylation sites (tertiary alicyclic amines) is 3. The Labute approximate surface area is 377 Å². The number of H-pyrrole nitrogens is 2. The maximum Gasteiger partial charge on any atom is 0.245 e. The van der Waals surface area contributed by atoms with Crippen LogP contribution in [0.15, 0.2) is 116 Å². The van der Waals surface area contributed by atoms with Crippen molar-refractivity contribution in [2.45, 2.75) is 81.6 Å². The monoisotopic (exact) mass is 880 g/mol. The standard InChI is InChI=1S/C50H53ClN8O5/c1-50(62)23-27-57(28-24-50)44(36-9-3-2-4-10-36)48(61)59-26-8-14-42(59)46-53-30-40(55-46)35-21-17-33(18-22-35)32-15-19-34(20-16-32)39-29-52-45(54-39)41-13-7-25-58(41)47(60)43(56-49-63-31-64-49)37-11-5-6-12-38(37)51/h2-6,9-12,15-22,29-30,41-44,49,56,62H,7-8,13-14,23-28,31H2,1H3,(H,52,54)(H,53,55)/t41-,42-,43+,44+/m0/s1. The molecule has 0 aliphatic carbocycles. The predicted octanol–water partition coefficient (Wildman–Crippen LogP) is 8.32. The van der Waals surface area contributed by atoms with Gasteiger partial charge in [0.2, 0.25) is 18.2 Å². The second-order valence-electron chi connectivity index (χ2n) is 17.6. The van der Waals surface area contributed by atoms with Crippen molar-refractivity contribution in [3.8, 4) is 33.6 Å². The second kappa shape index (κ2) is 18.1. The molecule has 0 radical (unpaired) electrons. The second-order valence-corrected chi connectivity index (χ2v) is 18.1. The van der Waals surface area contributed by atoms with Gasteiger partial charge in [0.05, 0.1) is 41.5 Å². The lowest BCUT2D eigenvalue weighted by Gasteiger charge is -2.41. The maximum absolute atomic E-state index is 14.5. The molecule has 14 heteroatoms. The highest BCUT2D eigenvalue weighted by Gasteiger charge is 2.42. The minimum atomic E-state index is -0.738. The number of halogens is 1. The zero-order chi connectivity index (χ0) is 43.8. The number of benzene rings is 4. The summed E-state index contributed by atoms with van der Waals surface area (Å²) in [7, 11) is 0. The van der Waals surface area contributed by atoms with Gasteiger partial charge in [0, 0.05) is 31.2 Å². The van der Waals surface area contributed by atoms with E-state index in [9.17, 15) is 14.7 Å². The predicted molar refractivity (Wildman–Crippen MR) is 243 cm³/mol. The number of ether oxygens (including phenoxy) is 2. The summed E-state index contributed by atoms with van der Waals surface area (Å²) in [5.74, 6) is 1.53. The summed E-state index contributed by atoms with van der Waals surface area (Å²) >= 11 is 6.57. The van der Waals surface area contributed by atoms with Crippen LogP contribution >= 0.6 is 11.6 Å². The quantitative estimate of drug-likeness (QED) is 0.0952. The third kappa shape index (κ3) is 8.63. The zero-order valence-corrected chi connectivity index (χ0v) is 36.6. The molecule has 0 spiro atoms. The number of imidazole rings is 2. The molecule has 64 heavy (non-hydrogen) atoms. The number of nitrogens with one attached hydrogen (secondary N) is 3. The molecule has 4 aliphatic heterocycles. The molecule has 4 aromatic carbocycles. The van der Waals surface area contributed by atoms with Gasteiger partial charge in [-0.3, -0.25) is 19.8 Å². The third-order valence-electron chi connectivity index (χ3n) is 13.4. The van der Waals surface area contributed by atoms with Crippen molar-refractivity contribution in [3.05, 3.63) is 143 Å². The van der Waals surface area contributed by atoms with Crippen molar-refractivity contribution >= 4 is 23.4 Å². The van der Waals surface area contributed by atoms with Gasteiger partial charge in [0.25, 0.3) is 0 Å². The zero-order valence-electron chi connectivity index (χ0n) is 35.8. The van der Waals surface area contributed by atoms with Crippen LogP contribution in [0, 0.1) is 0 Å². The summed E-state index contributed by atoms with van der Waals surface area (Å²) in [4.78, 5) is 51.4. The molecule has 4 atom stereocenters. The fraction of sp³-hybridized carbons (Fsp3) is 0.360. The smallest absolute Gasteiger partial charge is 0.245 e. The van der Waals surface area contributed by atoms with E-state index in [1.165, 1.54) is 0 Å². The fourth-order valence-electron chi connectivity index (χ4n) is 9.72. The van der Waals surface area contributed by atoms with E-state index in [0.717, 1.165) is 76.5 Å². The molecular weight excluding hydrogens is 828 g/mol. The van der Waals surface area contributed by atoms with Crippen LogP contribution in [0.25, 0.3) is 33.6 Å². The molecule has 2 aromatic heterocycles. The van der Waals surface area contributed by atoms with Crippen LogP contribution in [0.2, 0.25) is 5.02 Å². The van der Waals surface area contributed by atoms with Crippen molar-refractivity contribution in [1.82, 2.24) is 40.0 Å². The van der Waals surface area contributed by atoms with Gasteiger partial charge in [-0.15, -0.1) is 0 Å². The maximum atomic E-state index is 14.5. The van der Waals surface area contributed by atoms with E-state index in [1.807, 2.05) is 77.6 Å². The van der Waals surface area contributed by atoms with Crippen molar-refractivity contribution in [2.24, 2.45) is 0 Å². The van der Waals surface area contributed by atoms with Crippen molar-refractivity contribution in [1.29, 1.82) is 0 Å². The Kier molecular flexibility index (Phi) is 11.9. The van der Waals surface area contributed by atoms with E-state index in [0.29, 0.717) is 49.6 Å². The summed E-state index contributed by atoms with van der Waals surface area (Å²) in [5.41, 5.74) is 6.90. The third-order valence-corrected chi connectivity index (χ3v) is 13.8. The Bertz CT molecular complexity index is 2570. The molecule has 330 valence electrons. The van der Waals surface area contributed by atoms with Crippen molar-refractivity contribution in [3.63, 3.8) is 0 Å². The first kappa shape index (κ1) is 42.3. The Balaban J connectivity index is 0.801. The number of aromatic nitrogens is 4. The number of nitrogens with zero attached hydrogens (tertiary/aromatic N) is 5. The molecule has 4 saturated heterocycles. The topological polar surface area (TPSA) is 152 Å². The molecule has 4 fully saturated rings. The molecule has 0 bridgehead atoms. The largest absolute Gasteiger partial charge is 0.390 e. The van der Waals surface area contributed by atoms with E-state index >= 15 is 0 Å². The Morgan fingerprint density at radius 1 is 0.719 bits per heavy atom. The van der Waals surface area contributed by atoms with E-state index in [4.69, 9.17) is 31.0 Å². The Morgan fingerprint density at radius 3 is 1.77 bits per heavy atom. The average molecular weight is 881 g/mol. The van der Waals surface area contributed by atoms with Gasteiger partial charge >= 0.3 is 0 Å². The highest BCUT2D eigenvalue weighted by Crippen LogP contribution is 2.39. The van der Waals surface area contributed by atoms with Crippen molar-refractivity contribution < 1.29 is 24.2 Å². The van der Waals surface area contributed by atoms with Gasteiger partial charge in [-0.1, -0.05) is 109 Å². The van der Waals surface area contributed by atoms with E-state index in [2.05, 4.69) is 68.7 Å². The minimum Gasteiger partial charge on any atom is -0.390 e. The number of hydrogen-bond donors (Lipinski definition) is 4. The molecule has 6 heterocycles. The average Bonchev–Trinajstić information content (AvgIpc) is 4.15. The lowest BCUT2D eigenvalue weighted by Crippen LogP contribution is -2.50. The van der Waals surface area contributed by atoms with Gasteiger partial charge in [-0.2, -0.15) is 0 Å². The fourth-order valence-corrected chi connectivity index (χ4v) is 9.97. The number of amides is 2. The number of carbonyl (C=O) groups excluding carboxylic acids is 2. The Morgan fingerprint density at radius 2 is 1.23 bits per heavy atom. The van der Waals surface area contributed by atoms with E-state index < -0.39 is 24.1 Å². The number of rotatable bonds is 12. The Hall–Kier alpha value is -5.67. The van der Waals surface area contributed by atoms with Crippen LogP contribution in [-0.2, 0) is 19.1 Å². The van der Waals surface area contributed by atoms with Gasteiger partial charge in [0.1, 0.15) is 23.7 Å². The van der Waals surface area contributed by atoms with E-state index in [-0.39, 0.29) is 30.7 Å². The van der Waals surface area contributed by atoms with Gasteiger partial charge < -0.3 is 34.3 Å². The molecular formula is C50H53ClN8O5. The summed E-state index contributed by atoms with van der Waals surface area (Å²) in [6, 6.07) is 32.7. The van der Waals surface area contributed by atoms with Crippen LogP contribution in [-0.4, -0.2) is 96.5 Å². The van der Waals surface area contributed by atoms with Gasteiger partial charge in [-0.25, -0.2) is 9.97 Å². The number of piperidine rings is 1. The van der Waals surface area contributed by atoms with Gasteiger partial charge in [-0.05, 0) is 84.9 Å². The highest BCUT2D eigenvalue weighted by atomic mass is 35.5. The first-order chi connectivity index (χ1) is 31.2. The van der Waals surface area contributed by atoms with Crippen LogP contribution in [0.1, 0.15) is 92.4 Å². The number of aliphatic hydroxyl groups is 1. The molecule has 0 saturated carbocycles. The van der Waals surface area contributed by atoms with E-state index in [1.54, 1.807) is 6.07 Å². The molecule has 10 rings (SSSR count). The van der Waals surface area contributed by atoms with Crippen LogP contribution in [0.4, 0.5) is 0 Å². The van der Waals surface area contributed by atoms with Crippen LogP contribution in [0.5, 0.6) is 0 Å². The minimum absolute atomic E-state index is 0.0896. The SMILES string of the molecule is CC1(O)CCN([C@@H](C(=O)N2CCC[C@H]2c2ncc(-c3ccc(-c4ccc(-c5cnc([C@@H]6CCCN6C(=O)[C@H](NC6OCO6)c6ccccc6Cl)[nH]5)cc4)cc3)[nH]2)c2ccccc2)CC1. The number of hydrogen-bond acceptors (Lipinski definition) is 9. The van der Waals surface area contributed by atoms with Crippen LogP contribution in [0.3, 0.4) is 0 Å². The van der Waals surface area contributed by atoms with Gasteiger partial charge in [0.15, 0.2) is 6.79 Å².